The van der Waals surface area contributed by atoms with Crippen LogP contribution in [0.3, 0.4) is 0 Å². The van der Waals surface area contributed by atoms with Gasteiger partial charge in [-0.2, -0.15) is 0 Å². The summed E-state index contributed by atoms with van der Waals surface area (Å²) in [5.74, 6) is 0. The third-order valence-corrected chi connectivity index (χ3v) is 0.804. The highest BCUT2D eigenvalue weighted by Crippen LogP contribution is 1.81. The standard InChI is InChI=1S/C5H7BN2O/c1-3-8(4-9)5(6)7-2/h3-4H,1H2,2H3. The quantitative estimate of drug-likeness (QED) is 0.215. The first-order valence-electron chi connectivity index (χ1n) is 2.34. The number of carbonyl (C=O) groups is 1. The molecule has 0 aromatic heterocycles. The summed E-state index contributed by atoms with van der Waals surface area (Å²) in [5, 5.41) is 0. The Morgan fingerprint density at radius 2 is 2.44 bits per heavy atom. The molecule has 0 aliphatic carbocycles. The molecule has 0 spiro atoms. The van der Waals surface area contributed by atoms with Gasteiger partial charge in [0.2, 0.25) is 6.41 Å². The van der Waals surface area contributed by atoms with Crippen LogP contribution in [0.25, 0.3) is 0 Å². The fourth-order valence-electron chi connectivity index (χ4n) is 0.306. The fraction of sp³-hybridized carbons (Fsp3) is 0.200. The van der Waals surface area contributed by atoms with Crippen molar-refractivity contribution in [3.63, 3.8) is 0 Å². The third-order valence-electron chi connectivity index (χ3n) is 0.804. The Labute approximate surface area is 55.5 Å². The molecule has 0 aliphatic rings. The molecule has 0 unspecified atom stereocenters. The lowest BCUT2D eigenvalue weighted by Gasteiger charge is -2.08. The molecule has 0 rings (SSSR count). The summed E-state index contributed by atoms with van der Waals surface area (Å²) in [6.45, 7) is 3.33. The zero-order valence-corrected chi connectivity index (χ0v) is 5.24. The number of amides is 1. The Morgan fingerprint density at radius 3 is 2.56 bits per heavy atom. The molecule has 0 heterocycles. The van der Waals surface area contributed by atoms with E-state index in [2.05, 4.69) is 11.6 Å². The van der Waals surface area contributed by atoms with E-state index in [1.165, 1.54) is 13.2 Å². The van der Waals surface area contributed by atoms with Crippen LogP contribution in [0.15, 0.2) is 17.8 Å². The van der Waals surface area contributed by atoms with Crippen molar-refractivity contribution in [1.82, 2.24) is 4.90 Å². The number of aliphatic imine (C=N–C) groups is 1. The van der Waals surface area contributed by atoms with Gasteiger partial charge in [0.25, 0.3) is 0 Å². The highest BCUT2D eigenvalue weighted by atomic mass is 16.1. The van der Waals surface area contributed by atoms with Gasteiger partial charge in [0, 0.05) is 13.2 Å². The van der Waals surface area contributed by atoms with Gasteiger partial charge in [-0.15, -0.1) is 0 Å². The number of carbonyl (C=O) groups excluding carboxylic acids is 1. The molecule has 0 saturated carbocycles. The number of hydrogen-bond acceptors (Lipinski definition) is 2. The summed E-state index contributed by atoms with van der Waals surface area (Å²) in [4.78, 5) is 14.7. The second-order valence-electron chi connectivity index (χ2n) is 1.28. The Morgan fingerprint density at radius 1 is 1.89 bits per heavy atom. The first-order valence-corrected chi connectivity index (χ1v) is 2.34. The maximum atomic E-state index is 10.0. The molecule has 0 saturated heterocycles. The maximum Gasteiger partial charge on any atom is 0.218 e. The minimum atomic E-state index is 0.139. The molecule has 9 heavy (non-hydrogen) atoms. The van der Waals surface area contributed by atoms with Gasteiger partial charge in [-0.1, -0.05) is 6.58 Å². The fourth-order valence-corrected chi connectivity index (χ4v) is 0.306. The van der Waals surface area contributed by atoms with Crippen molar-refractivity contribution in [3.8, 4) is 0 Å². The van der Waals surface area contributed by atoms with Crippen LogP contribution < -0.4 is 0 Å². The lowest BCUT2D eigenvalue weighted by molar-refractivity contribution is -0.113. The van der Waals surface area contributed by atoms with Gasteiger partial charge in [-0.05, 0) is 0 Å². The summed E-state index contributed by atoms with van der Waals surface area (Å²) >= 11 is 0. The van der Waals surface area contributed by atoms with Crippen molar-refractivity contribution in [2.24, 2.45) is 4.99 Å². The topological polar surface area (TPSA) is 32.7 Å². The second kappa shape index (κ2) is 3.89. The van der Waals surface area contributed by atoms with Crippen molar-refractivity contribution in [2.45, 2.75) is 0 Å². The smallest absolute Gasteiger partial charge is 0.218 e. The summed E-state index contributed by atoms with van der Waals surface area (Å²) in [6, 6.07) is 0. The van der Waals surface area contributed by atoms with Crippen LogP contribution in [0.4, 0.5) is 0 Å². The van der Waals surface area contributed by atoms with Crippen molar-refractivity contribution in [3.05, 3.63) is 12.8 Å². The predicted octanol–water partition coefficient (Wildman–Crippen LogP) is -0.257. The van der Waals surface area contributed by atoms with Crippen LogP contribution in [-0.4, -0.2) is 31.9 Å². The Hall–Kier alpha value is -1.06. The van der Waals surface area contributed by atoms with Crippen molar-refractivity contribution >= 4 is 20.0 Å². The molecule has 3 nitrogen and oxygen atoms in total. The lowest BCUT2D eigenvalue weighted by Crippen LogP contribution is -2.23. The summed E-state index contributed by atoms with van der Waals surface area (Å²) in [7, 11) is 6.71. The maximum absolute atomic E-state index is 10.0. The highest BCUT2D eigenvalue weighted by molar-refractivity contribution is 6.59. The number of rotatable bonds is 2. The molecule has 0 bridgehead atoms. The van der Waals surface area contributed by atoms with Gasteiger partial charge in [0.15, 0.2) is 7.85 Å². The summed E-state index contributed by atoms with van der Waals surface area (Å²) in [6.07, 6.45) is 1.82. The normalized spacial score (nSPS) is 10.6. The SMILES string of the molecule is [B]C(=NC)N(C=C)C=O. The van der Waals surface area contributed by atoms with Gasteiger partial charge in [-0.3, -0.25) is 14.7 Å². The van der Waals surface area contributed by atoms with Gasteiger partial charge in [0.1, 0.15) is 0 Å². The molecule has 2 radical (unpaired) electrons. The molecule has 1 amide bonds. The van der Waals surface area contributed by atoms with Gasteiger partial charge in [0.05, 0.1) is 5.73 Å². The van der Waals surface area contributed by atoms with Crippen LogP contribution in [0.2, 0.25) is 0 Å². The number of amidine groups is 1. The summed E-state index contributed by atoms with van der Waals surface area (Å²) < 4.78 is 0. The molecular formula is C5H7BN2O. The zero-order valence-electron chi connectivity index (χ0n) is 5.24. The van der Waals surface area contributed by atoms with E-state index in [0.29, 0.717) is 6.41 Å². The molecule has 46 valence electrons. The van der Waals surface area contributed by atoms with E-state index in [1.54, 1.807) is 0 Å². The van der Waals surface area contributed by atoms with Crippen molar-refractivity contribution in [1.29, 1.82) is 0 Å². The molecule has 0 aromatic rings. The van der Waals surface area contributed by atoms with Crippen molar-refractivity contribution in [2.75, 3.05) is 7.05 Å². The average Bonchev–Trinajstić information content (AvgIpc) is 1.90. The average molecular weight is 122 g/mol. The van der Waals surface area contributed by atoms with Crippen LogP contribution in [0, 0.1) is 0 Å². The molecule has 0 aliphatic heterocycles. The zero-order chi connectivity index (χ0) is 7.28. The molecule has 0 fully saturated rings. The van der Waals surface area contributed by atoms with Crippen molar-refractivity contribution < 1.29 is 4.79 Å². The first kappa shape index (κ1) is 7.94. The molecule has 4 heteroatoms. The Bertz CT molecular complexity index is 136. The van der Waals surface area contributed by atoms with E-state index >= 15 is 0 Å². The summed E-state index contributed by atoms with van der Waals surface area (Å²) in [5.41, 5.74) is 0.139. The number of nitrogens with zero attached hydrogens (tertiary/aromatic N) is 2. The highest BCUT2D eigenvalue weighted by Gasteiger charge is 1.94. The van der Waals surface area contributed by atoms with Crippen LogP contribution >= 0.6 is 0 Å². The predicted molar refractivity (Wildman–Crippen MR) is 37.2 cm³/mol. The van der Waals surface area contributed by atoms with Crippen LogP contribution in [0.1, 0.15) is 0 Å². The van der Waals surface area contributed by atoms with Crippen LogP contribution in [0.5, 0.6) is 0 Å². The molecule has 0 atom stereocenters. The second-order valence-corrected chi connectivity index (χ2v) is 1.28. The van der Waals surface area contributed by atoms with E-state index in [0.717, 1.165) is 4.90 Å². The molecule has 0 N–H and O–H groups in total. The van der Waals surface area contributed by atoms with E-state index in [1.807, 2.05) is 0 Å². The Kier molecular flexibility index (Phi) is 3.43. The minimum Gasteiger partial charge on any atom is -0.289 e. The minimum absolute atomic E-state index is 0.139. The van der Waals surface area contributed by atoms with Crippen LogP contribution in [-0.2, 0) is 4.79 Å². The third kappa shape index (κ3) is 2.12. The largest absolute Gasteiger partial charge is 0.289 e. The monoisotopic (exact) mass is 122 g/mol. The van der Waals surface area contributed by atoms with Gasteiger partial charge >= 0.3 is 0 Å². The first-order chi connectivity index (χ1) is 4.26. The van der Waals surface area contributed by atoms with Gasteiger partial charge < -0.3 is 0 Å². The lowest BCUT2D eigenvalue weighted by atomic mass is 10.1. The van der Waals surface area contributed by atoms with E-state index < -0.39 is 0 Å². The van der Waals surface area contributed by atoms with Gasteiger partial charge in [-0.25, -0.2) is 0 Å². The van der Waals surface area contributed by atoms with E-state index in [-0.39, 0.29) is 5.73 Å². The van der Waals surface area contributed by atoms with E-state index in [4.69, 9.17) is 7.85 Å². The Balaban J connectivity index is 4.11. The number of hydrogen-bond donors (Lipinski definition) is 0. The van der Waals surface area contributed by atoms with E-state index in [9.17, 15) is 4.79 Å². The molecule has 0 aromatic carbocycles. The molecular weight excluding hydrogens is 115 g/mol.